The summed E-state index contributed by atoms with van der Waals surface area (Å²) < 4.78 is 0. The van der Waals surface area contributed by atoms with Crippen LogP contribution in [0.4, 0.5) is 5.69 Å². The lowest BCUT2D eigenvalue weighted by molar-refractivity contribution is -0.386. The Morgan fingerprint density at radius 2 is 2.36 bits per heavy atom. The predicted octanol–water partition coefficient (Wildman–Crippen LogP) is 2.62. The third kappa shape index (κ3) is 2.51. The Morgan fingerprint density at radius 1 is 1.71 bits per heavy atom. The first-order valence-corrected chi connectivity index (χ1v) is 5.17. The van der Waals surface area contributed by atoms with Crippen LogP contribution in [0.25, 0.3) is 0 Å². The number of aryl methyl sites for hydroxylation is 1. The molecular weight excluding hydrogens is 248 g/mol. The third-order valence-corrected chi connectivity index (χ3v) is 2.18. The van der Waals surface area contributed by atoms with Crippen LogP contribution in [0.15, 0.2) is 12.3 Å². The van der Waals surface area contributed by atoms with E-state index in [1.807, 2.05) is 6.92 Å². The van der Waals surface area contributed by atoms with Gasteiger partial charge >= 0.3 is 0 Å². The number of rotatable bonds is 3. The van der Waals surface area contributed by atoms with E-state index in [9.17, 15) is 10.1 Å². The lowest BCUT2D eigenvalue weighted by atomic mass is 10.1. The number of alkyl halides is 1. The summed E-state index contributed by atoms with van der Waals surface area (Å²) in [5.74, 6) is 0. The molecule has 5 heteroatoms. The predicted molar refractivity (Wildman–Crippen MR) is 57.7 cm³/mol. The highest BCUT2D eigenvalue weighted by molar-refractivity contribution is 9.09. The molecule has 0 aliphatic rings. The van der Waals surface area contributed by atoms with Gasteiger partial charge in [0.05, 0.1) is 4.92 Å². The molecule has 0 amide bonds. The number of nitro groups is 1. The van der Waals surface area contributed by atoms with Crippen LogP contribution in [-0.2, 0) is 6.42 Å². The smallest absolute Gasteiger partial charge is 0.258 e. The first-order valence-electron chi connectivity index (χ1n) is 4.25. The van der Waals surface area contributed by atoms with Gasteiger partial charge in [-0.1, -0.05) is 22.9 Å². The molecule has 0 N–H and O–H groups in total. The Morgan fingerprint density at radius 3 is 2.86 bits per heavy atom. The minimum atomic E-state index is -0.368. The summed E-state index contributed by atoms with van der Waals surface area (Å²) in [7, 11) is 0. The van der Waals surface area contributed by atoms with Crippen LogP contribution in [0.3, 0.4) is 0 Å². The summed E-state index contributed by atoms with van der Waals surface area (Å²) in [5.41, 5.74) is 1.34. The van der Waals surface area contributed by atoms with Crippen LogP contribution in [0.1, 0.15) is 18.2 Å². The Kier molecular flexibility index (Phi) is 3.57. The van der Waals surface area contributed by atoms with E-state index in [1.54, 1.807) is 19.2 Å². The van der Waals surface area contributed by atoms with E-state index in [0.29, 0.717) is 17.7 Å². The summed E-state index contributed by atoms with van der Waals surface area (Å²) in [5, 5.41) is 10.8. The van der Waals surface area contributed by atoms with Crippen LogP contribution >= 0.6 is 15.9 Å². The van der Waals surface area contributed by atoms with Crippen molar-refractivity contribution in [3.63, 3.8) is 0 Å². The molecule has 76 valence electrons. The zero-order chi connectivity index (χ0) is 10.7. The molecule has 1 unspecified atom stereocenters. The van der Waals surface area contributed by atoms with Gasteiger partial charge in [-0.05, 0) is 13.0 Å². The topological polar surface area (TPSA) is 56.0 Å². The second kappa shape index (κ2) is 4.50. The van der Waals surface area contributed by atoms with Crippen molar-refractivity contribution in [2.45, 2.75) is 25.1 Å². The standard InChI is InChI=1S/C9H11BrN2O2/c1-6-3-4-11-8(5-7(2)10)9(6)12(13)14/h3-4,7H,5H2,1-2H3. The van der Waals surface area contributed by atoms with Crippen molar-refractivity contribution in [3.8, 4) is 0 Å². The molecule has 0 radical (unpaired) electrons. The quantitative estimate of drug-likeness (QED) is 0.476. The van der Waals surface area contributed by atoms with Crippen LogP contribution in [0.5, 0.6) is 0 Å². The van der Waals surface area contributed by atoms with Crippen LogP contribution in [0.2, 0.25) is 0 Å². The van der Waals surface area contributed by atoms with Gasteiger partial charge in [0.25, 0.3) is 5.69 Å². The number of hydrogen-bond donors (Lipinski definition) is 0. The molecule has 14 heavy (non-hydrogen) atoms. The van der Waals surface area contributed by atoms with Crippen LogP contribution < -0.4 is 0 Å². The lowest BCUT2D eigenvalue weighted by Crippen LogP contribution is -2.05. The molecule has 1 rings (SSSR count). The molecule has 4 nitrogen and oxygen atoms in total. The number of hydrogen-bond acceptors (Lipinski definition) is 3. The number of aromatic nitrogens is 1. The molecule has 0 saturated heterocycles. The minimum absolute atomic E-state index is 0.138. The third-order valence-electron chi connectivity index (χ3n) is 1.86. The Hall–Kier alpha value is -0.970. The highest BCUT2D eigenvalue weighted by Gasteiger charge is 2.18. The molecule has 1 atom stereocenters. The van der Waals surface area contributed by atoms with Crippen molar-refractivity contribution in [1.82, 2.24) is 4.98 Å². The maximum absolute atomic E-state index is 10.8. The molecule has 0 aromatic carbocycles. The first kappa shape index (κ1) is 11.1. The number of nitrogens with zero attached hydrogens (tertiary/aromatic N) is 2. The molecule has 0 spiro atoms. The van der Waals surface area contributed by atoms with Crippen molar-refractivity contribution in [3.05, 3.63) is 33.6 Å². The first-order chi connectivity index (χ1) is 6.52. The monoisotopic (exact) mass is 258 g/mol. The largest absolute Gasteiger partial charge is 0.293 e. The van der Waals surface area contributed by atoms with Crippen molar-refractivity contribution in [2.75, 3.05) is 0 Å². The van der Waals surface area contributed by atoms with Gasteiger partial charge in [-0.3, -0.25) is 15.1 Å². The summed E-state index contributed by atoms with van der Waals surface area (Å²) in [6.07, 6.45) is 2.17. The van der Waals surface area contributed by atoms with Gasteiger partial charge in [-0.15, -0.1) is 0 Å². The second-order valence-electron chi connectivity index (χ2n) is 3.17. The number of halogens is 1. The van der Waals surface area contributed by atoms with Gasteiger partial charge in [-0.2, -0.15) is 0 Å². The SMILES string of the molecule is Cc1ccnc(CC(C)Br)c1[N+](=O)[O-]. The molecule has 0 bridgehead atoms. The van der Waals surface area contributed by atoms with Gasteiger partial charge < -0.3 is 0 Å². The maximum atomic E-state index is 10.8. The molecule has 1 heterocycles. The summed E-state index contributed by atoms with van der Waals surface area (Å²) in [6, 6.07) is 1.65. The highest BCUT2D eigenvalue weighted by Crippen LogP contribution is 2.23. The molecule has 0 aliphatic heterocycles. The fraction of sp³-hybridized carbons (Fsp3) is 0.444. The van der Waals surface area contributed by atoms with Crippen molar-refractivity contribution in [1.29, 1.82) is 0 Å². The van der Waals surface area contributed by atoms with Crippen molar-refractivity contribution in [2.24, 2.45) is 0 Å². The van der Waals surface area contributed by atoms with E-state index in [4.69, 9.17) is 0 Å². The van der Waals surface area contributed by atoms with E-state index in [-0.39, 0.29) is 15.4 Å². The maximum Gasteiger partial charge on any atom is 0.293 e. The van der Waals surface area contributed by atoms with E-state index in [2.05, 4.69) is 20.9 Å². The molecule has 0 aliphatic carbocycles. The van der Waals surface area contributed by atoms with Gasteiger partial charge in [0.2, 0.25) is 0 Å². The molecule has 1 aromatic rings. The van der Waals surface area contributed by atoms with Gasteiger partial charge in [0, 0.05) is 23.0 Å². The average Bonchev–Trinajstić information content (AvgIpc) is 2.01. The van der Waals surface area contributed by atoms with E-state index in [0.717, 1.165) is 0 Å². The Balaban J connectivity index is 3.14. The van der Waals surface area contributed by atoms with E-state index in [1.165, 1.54) is 0 Å². The fourth-order valence-corrected chi connectivity index (χ4v) is 1.58. The van der Waals surface area contributed by atoms with E-state index < -0.39 is 0 Å². The van der Waals surface area contributed by atoms with E-state index >= 15 is 0 Å². The summed E-state index contributed by atoms with van der Waals surface area (Å²) >= 11 is 3.36. The molecule has 0 fully saturated rings. The van der Waals surface area contributed by atoms with Gasteiger partial charge in [0.15, 0.2) is 0 Å². The zero-order valence-corrected chi connectivity index (χ0v) is 9.61. The van der Waals surface area contributed by atoms with Gasteiger partial charge in [-0.25, -0.2) is 0 Å². The Bertz CT molecular complexity index is 353. The summed E-state index contributed by atoms with van der Waals surface area (Å²) in [4.78, 5) is 14.6. The normalized spacial score (nSPS) is 12.5. The van der Waals surface area contributed by atoms with Crippen LogP contribution in [-0.4, -0.2) is 14.7 Å². The molecular formula is C9H11BrN2O2. The van der Waals surface area contributed by atoms with Crippen LogP contribution in [0, 0.1) is 17.0 Å². The van der Waals surface area contributed by atoms with Crippen molar-refractivity contribution >= 4 is 21.6 Å². The van der Waals surface area contributed by atoms with Crippen molar-refractivity contribution < 1.29 is 4.92 Å². The highest BCUT2D eigenvalue weighted by atomic mass is 79.9. The average molecular weight is 259 g/mol. The Labute approximate surface area is 90.6 Å². The summed E-state index contributed by atoms with van der Waals surface area (Å²) in [6.45, 7) is 3.66. The lowest BCUT2D eigenvalue weighted by Gasteiger charge is -2.05. The number of pyridine rings is 1. The zero-order valence-electron chi connectivity index (χ0n) is 8.03. The van der Waals surface area contributed by atoms with Gasteiger partial charge in [0.1, 0.15) is 5.69 Å². The molecule has 1 aromatic heterocycles. The molecule has 0 saturated carbocycles. The second-order valence-corrected chi connectivity index (χ2v) is 4.73. The fourth-order valence-electron chi connectivity index (χ4n) is 1.27. The minimum Gasteiger partial charge on any atom is -0.258 e.